The lowest BCUT2D eigenvalue weighted by Gasteiger charge is -2.29. The third-order valence-corrected chi connectivity index (χ3v) is 3.51. The van der Waals surface area contributed by atoms with Crippen molar-refractivity contribution in [1.82, 2.24) is 4.90 Å². The lowest BCUT2D eigenvalue weighted by Crippen LogP contribution is -2.35. The topological polar surface area (TPSA) is 69.7 Å². The zero-order valence-electron chi connectivity index (χ0n) is 10.1. The molecule has 1 aromatic carbocycles. The first-order valence-corrected chi connectivity index (χ1v) is 6.04. The van der Waals surface area contributed by atoms with Gasteiger partial charge >= 0.3 is 0 Å². The van der Waals surface area contributed by atoms with Crippen LogP contribution >= 0.6 is 0 Å². The molecule has 2 rings (SSSR count). The zero-order chi connectivity index (χ0) is 12.4. The minimum Gasteiger partial charge on any atom is -0.399 e. The van der Waals surface area contributed by atoms with Gasteiger partial charge in [0.1, 0.15) is 6.23 Å². The molecule has 1 fully saturated rings. The smallest absolute Gasteiger partial charge is 0.108 e. The molecule has 2 atom stereocenters. The van der Waals surface area contributed by atoms with Crippen LogP contribution in [0, 0.1) is 6.92 Å². The number of rotatable bonds is 3. The highest BCUT2D eigenvalue weighted by molar-refractivity contribution is 5.48. The van der Waals surface area contributed by atoms with Gasteiger partial charge in [-0.1, -0.05) is 12.1 Å². The van der Waals surface area contributed by atoms with Gasteiger partial charge in [0.25, 0.3) is 0 Å². The molecule has 0 saturated carbocycles. The number of benzene rings is 1. The van der Waals surface area contributed by atoms with E-state index < -0.39 is 6.23 Å². The molecule has 0 bridgehead atoms. The number of anilines is 1. The number of hydrogen-bond acceptors (Lipinski definition) is 4. The van der Waals surface area contributed by atoms with Gasteiger partial charge in [0.15, 0.2) is 0 Å². The van der Waals surface area contributed by atoms with Gasteiger partial charge in [-0.2, -0.15) is 0 Å². The second-order valence-corrected chi connectivity index (χ2v) is 4.68. The standard InChI is InChI=1S/C13H20N2O2/c1-9-7-10(4-5-11(9)14)12(8-16)15-6-2-3-13(15)17/h4-5,7,12-13,16-17H,2-3,6,8,14H2,1H3. The number of aliphatic hydroxyl groups is 2. The Kier molecular flexibility index (Phi) is 3.66. The number of aryl methyl sites for hydroxylation is 1. The molecule has 1 saturated heterocycles. The summed E-state index contributed by atoms with van der Waals surface area (Å²) in [5.41, 5.74) is 8.57. The van der Waals surface area contributed by atoms with Gasteiger partial charge in [-0.05, 0) is 37.0 Å². The highest BCUT2D eigenvalue weighted by atomic mass is 16.3. The number of nitrogen functional groups attached to an aromatic ring is 1. The third kappa shape index (κ3) is 2.44. The normalized spacial score (nSPS) is 22.9. The lowest BCUT2D eigenvalue weighted by atomic mass is 10.0. The summed E-state index contributed by atoms with van der Waals surface area (Å²) in [5, 5.41) is 19.4. The van der Waals surface area contributed by atoms with Crippen LogP contribution in [-0.4, -0.2) is 34.5 Å². The van der Waals surface area contributed by atoms with E-state index >= 15 is 0 Å². The van der Waals surface area contributed by atoms with Crippen molar-refractivity contribution in [2.45, 2.75) is 32.0 Å². The van der Waals surface area contributed by atoms with Gasteiger partial charge in [0, 0.05) is 12.2 Å². The first-order valence-electron chi connectivity index (χ1n) is 6.04. The molecule has 0 amide bonds. The van der Waals surface area contributed by atoms with Crippen molar-refractivity contribution in [2.24, 2.45) is 0 Å². The average Bonchev–Trinajstić information content (AvgIpc) is 2.71. The third-order valence-electron chi connectivity index (χ3n) is 3.51. The molecule has 1 aliphatic rings. The van der Waals surface area contributed by atoms with E-state index in [0.29, 0.717) is 0 Å². The highest BCUT2D eigenvalue weighted by Gasteiger charge is 2.29. The van der Waals surface area contributed by atoms with Crippen LogP contribution in [0.2, 0.25) is 0 Å². The molecule has 17 heavy (non-hydrogen) atoms. The van der Waals surface area contributed by atoms with E-state index in [9.17, 15) is 10.2 Å². The minimum absolute atomic E-state index is 0.0143. The Bertz CT molecular complexity index is 395. The van der Waals surface area contributed by atoms with E-state index in [-0.39, 0.29) is 12.6 Å². The summed E-state index contributed by atoms with van der Waals surface area (Å²) >= 11 is 0. The monoisotopic (exact) mass is 236 g/mol. The van der Waals surface area contributed by atoms with Crippen molar-refractivity contribution in [1.29, 1.82) is 0 Å². The first-order chi connectivity index (χ1) is 8.13. The molecule has 1 aromatic rings. The van der Waals surface area contributed by atoms with Crippen molar-refractivity contribution >= 4 is 5.69 Å². The van der Waals surface area contributed by atoms with Gasteiger partial charge < -0.3 is 15.9 Å². The van der Waals surface area contributed by atoms with Gasteiger partial charge in [-0.15, -0.1) is 0 Å². The molecular weight excluding hydrogens is 216 g/mol. The predicted octanol–water partition coefficient (Wildman–Crippen LogP) is 1.02. The zero-order valence-corrected chi connectivity index (χ0v) is 10.1. The van der Waals surface area contributed by atoms with Crippen LogP contribution < -0.4 is 5.73 Å². The van der Waals surface area contributed by atoms with Crippen molar-refractivity contribution < 1.29 is 10.2 Å². The Morgan fingerprint density at radius 2 is 2.29 bits per heavy atom. The van der Waals surface area contributed by atoms with Gasteiger partial charge in [-0.3, -0.25) is 4.90 Å². The summed E-state index contributed by atoms with van der Waals surface area (Å²) in [7, 11) is 0. The SMILES string of the molecule is Cc1cc(C(CO)N2CCCC2O)ccc1N. The van der Waals surface area contributed by atoms with Crippen LogP contribution in [0.3, 0.4) is 0 Å². The van der Waals surface area contributed by atoms with Crippen molar-refractivity contribution in [2.75, 3.05) is 18.9 Å². The Labute approximate surface area is 102 Å². The molecule has 0 aliphatic carbocycles. The predicted molar refractivity (Wildman–Crippen MR) is 67.4 cm³/mol. The van der Waals surface area contributed by atoms with Crippen molar-refractivity contribution in [3.63, 3.8) is 0 Å². The van der Waals surface area contributed by atoms with E-state index in [1.54, 1.807) is 0 Å². The molecule has 2 unspecified atom stereocenters. The lowest BCUT2D eigenvalue weighted by molar-refractivity contribution is -0.00936. The molecule has 0 radical (unpaired) electrons. The number of nitrogens with two attached hydrogens (primary N) is 1. The van der Waals surface area contributed by atoms with E-state index in [0.717, 1.165) is 36.2 Å². The largest absolute Gasteiger partial charge is 0.399 e. The molecule has 4 heteroatoms. The van der Waals surface area contributed by atoms with E-state index in [1.165, 1.54) is 0 Å². The van der Waals surface area contributed by atoms with Crippen LogP contribution in [0.1, 0.15) is 30.0 Å². The molecule has 0 spiro atoms. The average molecular weight is 236 g/mol. The van der Waals surface area contributed by atoms with Gasteiger partial charge in [-0.25, -0.2) is 0 Å². The summed E-state index contributed by atoms with van der Waals surface area (Å²) in [6, 6.07) is 5.64. The minimum atomic E-state index is -0.440. The second-order valence-electron chi connectivity index (χ2n) is 4.68. The molecule has 1 heterocycles. The summed E-state index contributed by atoms with van der Waals surface area (Å²) in [6.45, 7) is 2.80. The number of aliphatic hydroxyl groups excluding tert-OH is 2. The molecule has 4 nitrogen and oxygen atoms in total. The number of hydrogen-bond donors (Lipinski definition) is 3. The fraction of sp³-hybridized carbons (Fsp3) is 0.538. The molecule has 0 aromatic heterocycles. The van der Waals surface area contributed by atoms with Crippen molar-refractivity contribution in [3.05, 3.63) is 29.3 Å². The Morgan fingerprint density at radius 3 is 2.82 bits per heavy atom. The second kappa shape index (κ2) is 5.04. The van der Waals surface area contributed by atoms with E-state index in [2.05, 4.69) is 0 Å². The fourth-order valence-corrected chi connectivity index (χ4v) is 2.44. The Morgan fingerprint density at radius 1 is 1.53 bits per heavy atom. The van der Waals surface area contributed by atoms with Crippen molar-refractivity contribution in [3.8, 4) is 0 Å². The van der Waals surface area contributed by atoms with E-state index in [1.807, 2.05) is 30.0 Å². The first kappa shape index (κ1) is 12.4. The summed E-state index contributed by atoms with van der Waals surface area (Å²) in [4.78, 5) is 1.95. The molecular formula is C13H20N2O2. The highest BCUT2D eigenvalue weighted by Crippen LogP contribution is 2.29. The van der Waals surface area contributed by atoms with Crippen LogP contribution in [-0.2, 0) is 0 Å². The van der Waals surface area contributed by atoms with Crippen LogP contribution in [0.5, 0.6) is 0 Å². The molecule has 1 aliphatic heterocycles. The van der Waals surface area contributed by atoms with Crippen LogP contribution in [0.25, 0.3) is 0 Å². The Balaban J connectivity index is 2.25. The fourth-order valence-electron chi connectivity index (χ4n) is 2.44. The summed E-state index contributed by atoms with van der Waals surface area (Å²) in [6.07, 6.45) is 1.32. The quantitative estimate of drug-likeness (QED) is 0.685. The van der Waals surface area contributed by atoms with E-state index in [4.69, 9.17) is 5.73 Å². The number of likely N-dealkylation sites (tertiary alicyclic amines) is 1. The summed E-state index contributed by atoms with van der Waals surface area (Å²) in [5.74, 6) is 0. The maximum absolute atomic E-state index is 9.87. The maximum atomic E-state index is 9.87. The summed E-state index contributed by atoms with van der Waals surface area (Å²) < 4.78 is 0. The molecule has 94 valence electrons. The van der Waals surface area contributed by atoms with Gasteiger partial charge in [0.2, 0.25) is 0 Å². The van der Waals surface area contributed by atoms with Crippen LogP contribution in [0.4, 0.5) is 5.69 Å². The maximum Gasteiger partial charge on any atom is 0.108 e. The van der Waals surface area contributed by atoms with Crippen LogP contribution in [0.15, 0.2) is 18.2 Å². The number of nitrogens with zero attached hydrogens (tertiary/aromatic N) is 1. The van der Waals surface area contributed by atoms with Gasteiger partial charge in [0.05, 0.1) is 12.6 Å². The molecule has 4 N–H and O–H groups in total. The Hall–Kier alpha value is -1.10.